The van der Waals surface area contributed by atoms with E-state index in [-0.39, 0.29) is 24.0 Å². The molecule has 1 heterocycles. The number of unbranched alkanes of at least 4 members (excludes halogenated alkanes) is 1. The van der Waals surface area contributed by atoms with Gasteiger partial charge < -0.3 is 20.3 Å². The van der Waals surface area contributed by atoms with Crippen LogP contribution in [0.5, 0.6) is 0 Å². The molecule has 1 aliphatic heterocycles. The molecule has 182 valence electrons. The highest BCUT2D eigenvalue weighted by Crippen LogP contribution is 2.44. The fourth-order valence-corrected chi connectivity index (χ4v) is 4.61. The second kappa shape index (κ2) is 15.0. The molecule has 0 aromatic heterocycles. The molecular formula is C25H44IN5O. The number of hydrogen-bond donors (Lipinski definition) is 2. The van der Waals surface area contributed by atoms with Gasteiger partial charge in [0.25, 0.3) is 0 Å². The summed E-state index contributed by atoms with van der Waals surface area (Å²) in [6.07, 6.45) is 7.45. The lowest BCUT2D eigenvalue weighted by atomic mass is 9.67. The third-order valence-corrected chi connectivity index (χ3v) is 6.85. The van der Waals surface area contributed by atoms with Crippen LogP contribution in [0, 0.1) is 5.41 Å². The molecule has 1 aliphatic carbocycles. The first kappa shape index (κ1) is 27.2. The molecule has 3 rings (SSSR count). The monoisotopic (exact) mass is 557 g/mol. The van der Waals surface area contributed by atoms with Gasteiger partial charge >= 0.3 is 0 Å². The zero-order valence-corrected chi connectivity index (χ0v) is 22.5. The van der Waals surface area contributed by atoms with Crippen molar-refractivity contribution in [2.45, 2.75) is 45.4 Å². The normalized spacial score (nSPS) is 18.6. The van der Waals surface area contributed by atoms with Gasteiger partial charge in [0.05, 0.1) is 0 Å². The second-order valence-electron chi connectivity index (χ2n) is 9.09. The number of benzene rings is 1. The van der Waals surface area contributed by atoms with E-state index < -0.39 is 0 Å². The summed E-state index contributed by atoms with van der Waals surface area (Å²) in [5.41, 5.74) is 1.73. The van der Waals surface area contributed by atoms with Crippen LogP contribution in [0.25, 0.3) is 0 Å². The molecule has 0 unspecified atom stereocenters. The molecule has 2 fully saturated rings. The van der Waals surface area contributed by atoms with Crippen molar-refractivity contribution in [1.29, 1.82) is 0 Å². The van der Waals surface area contributed by atoms with Crippen LogP contribution in [0.15, 0.2) is 35.3 Å². The topological polar surface area (TPSA) is 52.1 Å². The molecule has 2 aliphatic rings. The standard InChI is InChI=1S/C25H43N5O.HI/c1-3-26-24(28-22-25(12-9-13-25)14-21-31-2)27-15-7-8-16-29-17-19-30(20-18-29)23-10-5-4-6-11-23;/h4-6,10-11H,3,7-9,12-22H2,1-2H3,(H2,26,27,28);1H. The number of piperazine rings is 1. The SMILES string of the molecule is CCNC(=NCC1(CCOC)CCC1)NCCCCN1CCN(c2ccccc2)CC1.I. The first-order valence-corrected chi connectivity index (χ1v) is 12.3. The van der Waals surface area contributed by atoms with Crippen LogP contribution in [-0.2, 0) is 4.74 Å². The van der Waals surface area contributed by atoms with Crippen LogP contribution < -0.4 is 15.5 Å². The van der Waals surface area contributed by atoms with Gasteiger partial charge in [0.15, 0.2) is 5.96 Å². The number of nitrogens with one attached hydrogen (secondary N) is 2. The van der Waals surface area contributed by atoms with Gasteiger partial charge in [0.2, 0.25) is 0 Å². The van der Waals surface area contributed by atoms with Crippen LogP contribution in [0.4, 0.5) is 5.69 Å². The number of para-hydroxylation sites is 1. The van der Waals surface area contributed by atoms with Crippen molar-refractivity contribution >= 4 is 35.6 Å². The first-order chi connectivity index (χ1) is 15.2. The number of methoxy groups -OCH3 is 1. The summed E-state index contributed by atoms with van der Waals surface area (Å²) in [6.45, 7) is 11.6. The van der Waals surface area contributed by atoms with Gasteiger partial charge in [-0.3, -0.25) is 9.89 Å². The predicted molar refractivity (Wildman–Crippen MR) is 147 cm³/mol. The molecule has 2 N–H and O–H groups in total. The number of aliphatic imine (C=N–C) groups is 1. The largest absolute Gasteiger partial charge is 0.385 e. The Kier molecular flexibility index (Phi) is 12.7. The van der Waals surface area contributed by atoms with Crippen molar-refractivity contribution in [2.24, 2.45) is 10.4 Å². The van der Waals surface area contributed by atoms with Gasteiger partial charge in [-0.25, -0.2) is 0 Å². The van der Waals surface area contributed by atoms with Crippen molar-refractivity contribution in [3.05, 3.63) is 30.3 Å². The number of hydrogen-bond acceptors (Lipinski definition) is 4. The van der Waals surface area contributed by atoms with Crippen LogP contribution in [0.3, 0.4) is 0 Å². The first-order valence-electron chi connectivity index (χ1n) is 12.3. The van der Waals surface area contributed by atoms with Gasteiger partial charge in [0.1, 0.15) is 0 Å². The number of nitrogens with zero attached hydrogens (tertiary/aromatic N) is 3. The summed E-state index contributed by atoms with van der Waals surface area (Å²) in [6, 6.07) is 10.8. The number of halogens is 1. The zero-order chi connectivity index (χ0) is 21.8. The van der Waals surface area contributed by atoms with Gasteiger partial charge in [-0.05, 0) is 63.1 Å². The van der Waals surface area contributed by atoms with E-state index in [1.165, 1.54) is 44.3 Å². The summed E-state index contributed by atoms with van der Waals surface area (Å²) in [7, 11) is 1.80. The average Bonchev–Trinajstić information content (AvgIpc) is 2.79. The Hall–Kier alpha value is -1.06. The molecule has 1 saturated heterocycles. The molecule has 0 atom stereocenters. The van der Waals surface area contributed by atoms with Crippen molar-refractivity contribution in [2.75, 3.05) is 71.0 Å². The van der Waals surface area contributed by atoms with E-state index in [0.717, 1.165) is 64.8 Å². The summed E-state index contributed by atoms with van der Waals surface area (Å²) in [5, 5.41) is 6.96. The number of rotatable bonds is 12. The Labute approximate surface area is 212 Å². The minimum atomic E-state index is 0. The van der Waals surface area contributed by atoms with E-state index in [1.807, 2.05) is 0 Å². The zero-order valence-electron chi connectivity index (χ0n) is 20.2. The van der Waals surface area contributed by atoms with E-state index in [2.05, 4.69) is 57.7 Å². The molecular weight excluding hydrogens is 513 g/mol. The fourth-order valence-electron chi connectivity index (χ4n) is 4.61. The Balaban J connectivity index is 0.00000363. The number of ether oxygens (including phenoxy) is 1. The second-order valence-corrected chi connectivity index (χ2v) is 9.09. The maximum absolute atomic E-state index is 5.31. The fraction of sp³-hybridized carbons (Fsp3) is 0.720. The minimum absolute atomic E-state index is 0. The Bertz CT molecular complexity index is 645. The maximum Gasteiger partial charge on any atom is 0.191 e. The van der Waals surface area contributed by atoms with Crippen molar-refractivity contribution in [1.82, 2.24) is 15.5 Å². The highest BCUT2D eigenvalue weighted by molar-refractivity contribution is 14.0. The maximum atomic E-state index is 5.31. The Morgan fingerprint density at radius 3 is 2.44 bits per heavy atom. The smallest absolute Gasteiger partial charge is 0.191 e. The number of guanidine groups is 1. The summed E-state index contributed by atoms with van der Waals surface area (Å²) >= 11 is 0. The van der Waals surface area contributed by atoms with Crippen LogP contribution in [0.1, 0.15) is 45.4 Å². The van der Waals surface area contributed by atoms with Gasteiger partial charge in [-0.1, -0.05) is 24.6 Å². The summed E-state index contributed by atoms with van der Waals surface area (Å²) in [4.78, 5) is 10.0. The lowest BCUT2D eigenvalue weighted by Gasteiger charge is -2.40. The van der Waals surface area contributed by atoms with Gasteiger partial charge in [-0.2, -0.15) is 0 Å². The quantitative estimate of drug-likeness (QED) is 0.176. The molecule has 0 amide bonds. The summed E-state index contributed by atoms with van der Waals surface area (Å²) < 4.78 is 5.31. The molecule has 0 bridgehead atoms. The van der Waals surface area contributed by atoms with Crippen LogP contribution in [0.2, 0.25) is 0 Å². The number of anilines is 1. The molecule has 0 spiro atoms. The van der Waals surface area contributed by atoms with E-state index >= 15 is 0 Å². The van der Waals surface area contributed by atoms with Crippen molar-refractivity contribution in [3.8, 4) is 0 Å². The van der Waals surface area contributed by atoms with E-state index in [4.69, 9.17) is 9.73 Å². The lowest BCUT2D eigenvalue weighted by Crippen LogP contribution is -2.46. The van der Waals surface area contributed by atoms with E-state index in [1.54, 1.807) is 7.11 Å². The molecule has 6 nitrogen and oxygen atoms in total. The van der Waals surface area contributed by atoms with Crippen molar-refractivity contribution < 1.29 is 4.74 Å². The van der Waals surface area contributed by atoms with Gasteiger partial charge in [-0.15, -0.1) is 24.0 Å². The highest BCUT2D eigenvalue weighted by atomic mass is 127. The molecule has 0 radical (unpaired) electrons. The molecule has 7 heteroatoms. The molecule has 32 heavy (non-hydrogen) atoms. The Morgan fingerprint density at radius 2 is 1.81 bits per heavy atom. The Morgan fingerprint density at radius 1 is 1.06 bits per heavy atom. The molecule has 1 saturated carbocycles. The third-order valence-electron chi connectivity index (χ3n) is 6.85. The van der Waals surface area contributed by atoms with E-state index in [0.29, 0.717) is 5.41 Å². The molecule has 1 aromatic carbocycles. The van der Waals surface area contributed by atoms with Crippen LogP contribution >= 0.6 is 24.0 Å². The lowest BCUT2D eigenvalue weighted by molar-refractivity contribution is 0.0778. The highest BCUT2D eigenvalue weighted by Gasteiger charge is 2.36. The average molecular weight is 558 g/mol. The van der Waals surface area contributed by atoms with Gasteiger partial charge in [0, 0.05) is 65.2 Å². The van der Waals surface area contributed by atoms with Crippen LogP contribution in [-0.4, -0.2) is 76.9 Å². The molecule has 1 aromatic rings. The van der Waals surface area contributed by atoms with E-state index in [9.17, 15) is 0 Å². The van der Waals surface area contributed by atoms with Crippen molar-refractivity contribution in [3.63, 3.8) is 0 Å². The third kappa shape index (κ3) is 8.71. The summed E-state index contributed by atoms with van der Waals surface area (Å²) in [5.74, 6) is 0.975. The minimum Gasteiger partial charge on any atom is -0.385 e. The predicted octanol–water partition coefficient (Wildman–Crippen LogP) is 3.97.